The molecular formula is C8H6IN3O. The molecule has 66 valence electrons. The maximum Gasteiger partial charge on any atom is 0.152 e. The normalized spacial score (nSPS) is 10.6. The Bertz CT molecular complexity index is 477. The maximum absolute atomic E-state index is 10.7. The summed E-state index contributed by atoms with van der Waals surface area (Å²) in [5.74, 6) is 0. The van der Waals surface area contributed by atoms with Crippen molar-refractivity contribution in [2.45, 2.75) is 0 Å². The Hall–Kier alpha value is -0.980. The zero-order valence-electron chi connectivity index (χ0n) is 6.86. The number of hydrogen-bond acceptors (Lipinski definition) is 3. The van der Waals surface area contributed by atoms with Gasteiger partial charge in [-0.2, -0.15) is 5.10 Å². The molecule has 0 aliphatic rings. The molecule has 0 unspecified atom stereocenters. The lowest BCUT2D eigenvalue weighted by Gasteiger charge is -1.93. The van der Waals surface area contributed by atoms with Crippen molar-refractivity contribution in [1.82, 2.24) is 14.8 Å². The molecule has 0 amide bonds. The molecule has 0 saturated heterocycles. The first-order valence-corrected chi connectivity index (χ1v) is 4.73. The summed E-state index contributed by atoms with van der Waals surface area (Å²) in [5, 5.41) is 5.09. The first-order chi connectivity index (χ1) is 6.24. The second-order valence-corrected chi connectivity index (χ2v) is 3.68. The molecule has 0 spiro atoms. The number of aromatic nitrogens is 3. The number of pyridine rings is 1. The van der Waals surface area contributed by atoms with Gasteiger partial charge in [0.05, 0.1) is 11.7 Å². The third kappa shape index (κ3) is 1.23. The molecule has 0 bridgehead atoms. The first-order valence-electron chi connectivity index (χ1n) is 3.65. The number of carbonyl (C=O) groups is 1. The van der Waals surface area contributed by atoms with Gasteiger partial charge >= 0.3 is 0 Å². The standard InChI is InChI=1S/C8H6IN3O/c1-12-6-3-10-2-5(4-13)7(6)8(9)11-12/h2-4H,1H3. The van der Waals surface area contributed by atoms with Gasteiger partial charge in [-0.25, -0.2) is 0 Å². The van der Waals surface area contributed by atoms with Gasteiger partial charge in [-0.15, -0.1) is 0 Å². The molecule has 0 radical (unpaired) electrons. The minimum absolute atomic E-state index is 0.593. The number of rotatable bonds is 1. The van der Waals surface area contributed by atoms with Crippen LogP contribution in [0.4, 0.5) is 0 Å². The minimum atomic E-state index is 0.593. The molecule has 2 rings (SSSR count). The number of hydrogen-bond donors (Lipinski definition) is 0. The van der Waals surface area contributed by atoms with Crippen LogP contribution < -0.4 is 0 Å². The highest BCUT2D eigenvalue weighted by atomic mass is 127. The monoisotopic (exact) mass is 287 g/mol. The summed E-state index contributed by atoms with van der Waals surface area (Å²) in [6, 6.07) is 0. The summed E-state index contributed by atoms with van der Waals surface area (Å²) < 4.78 is 2.55. The minimum Gasteiger partial charge on any atom is -0.298 e. The zero-order valence-corrected chi connectivity index (χ0v) is 9.02. The quantitative estimate of drug-likeness (QED) is 0.588. The average molecular weight is 287 g/mol. The molecule has 0 atom stereocenters. The molecule has 0 aromatic carbocycles. The van der Waals surface area contributed by atoms with Crippen LogP contribution in [0, 0.1) is 3.70 Å². The maximum atomic E-state index is 10.7. The molecule has 0 saturated carbocycles. The van der Waals surface area contributed by atoms with E-state index in [2.05, 4.69) is 32.7 Å². The number of aryl methyl sites for hydroxylation is 1. The zero-order chi connectivity index (χ0) is 9.42. The van der Waals surface area contributed by atoms with Crippen molar-refractivity contribution in [1.29, 1.82) is 0 Å². The number of aldehydes is 1. The van der Waals surface area contributed by atoms with Gasteiger partial charge < -0.3 is 0 Å². The SMILES string of the molecule is Cn1nc(I)c2c(C=O)cncc21. The number of fused-ring (bicyclic) bond motifs is 1. The summed E-state index contributed by atoms with van der Waals surface area (Å²) in [4.78, 5) is 14.7. The topological polar surface area (TPSA) is 47.8 Å². The lowest BCUT2D eigenvalue weighted by Crippen LogP contribution is -1.90. The van der Waals surface area contributed by atoms with Crippen LogP contribution in [0.2, 0.25) is 0 Å². The molecule has 2 aromatic heterocycles. The third-order valence-electron chi connectivity index (χ3n) is 1.87. The van der Waals surface area contributed by atoms with E-state index in [0.29, 0.717) is 5.56 Å². The number of halogens is 1. The Morgan fingerprint density at radius 2 is 2.31 bits per heavy atom. The van der Waals surface area contributed by atoms with Gasteiger partial charge in [0.1, 0.15) is 3.70 Å². The van der Waals surface area contributed by atoms with E-state index >= 15 is 0 Å². The Labute approximate surface area is 88.1 Å². The fourth-order valence-corrected chi connectivity index (χ4v) is 2.17. The summed E-state index contributed by atoms with van der Waals surface area (Å²) in [7, 11) is 1.83. The van der Waals surface area contributed by atoms with Crippen LogP contribution in [-0.4, -0.2) is 21.1 Å². The van der Waals surface area contributed by atoms with Crippen LogP contribution in [-0.2, 0) is 7.05 Å². The van der Waals surface area contributed by atoms with E-state index in [4.69, 9.17) is 0 Å². The van der Waals surface area contributed by atoms with Gasteiger partial charge in [-0.1, -0.05) is 0 Å². The lowest BCUT2D eigenvalue weighted by atomic mass is 10.2. The molecule has 2 aromatic rings. The summed E-state index contributed by atoms with van der Waals surface area (Å²) >= 11 is 2.11. The van der Waals surface area contributed by atoms with E-state index in [1.165, 1.54) is 0 Å². The van der Waals surface area contributed by atoms with Crippen molar-refractivity contribution >= 4 is 39.8 Å². The van der Waals surface area contributed by atoms with Crippen LogP contribution >= 0.6 is 22.6 Å². The molecule has 0 N–H and O–H groups in total. The Morgan fingerprint density at radius 3 is 3.00 bits per heavy atom. The molecule has 0 fully saturated rings. The number of carbonyl (C=O) groups excluding carboxylic acids is 1. The molecule has 0 aliphatic heterocycles. The predicted octanol–water partition coefficient (Wildman–Crippen LogP) is 1.39. The van der Waals surface area contributed by atoms with Crippen molar-refractivity contribution < 1.29 is 4.79 Å². The highest BCUT2D eigenvalue weighted by Gasteiger charge is 2.09. The van der Waals surface area contributed by atoms with Gasteiger partial charge in [-0.3, -0.25) is 14.5 Å². The Balaban J connectivity index is 2.96. The van der Waals surface area contributed by atoms with Gasteiger partial charge in [-0.05, 0) is 22.6 Å². The largest absolute Gasteiger partial charge is 0.298 e. The van der Waals surface area contributed by atoms with E-state index < -0.39 is 0 Å². The molecule has 4 nitrogen and oxygen atoms in total. The fourth-order valence-electron chi connectivity index (χ4n) is 1.26. The van der Waals surface area contributed by atoms with Crippen LogP contribution in [0.25, 0.3) is 10.9 Å². The van der Waals surface area contributed by atoms with Crippen LogP contribution in [0.15, 0.2) is 12.4 Å². The Kier molecular flexibility index (Phi) is 2.03. The van der Waals surface area contributed by atoms with E-state index in [-0.39, 0.29) is 0 Å². The van der Waals surface area contributed by atoms with Gasteiger partial charge in [0.25, 0.3) is 0 Å². The molecule has 13 heavy (non-hydrogen) atoms. The highest BCUT2D eigenvalue weighted by molar-refractivity contribution is 14.1. The van der Waals surface area contributed by atoms with Crippen molar-refractivity contribution in [3.63, 3.8) is 0 Å². The predicted molar refractivity (Wildman–Crippen MR) is 56.6 cm³/mol. The van der Waals surface area contributed by atoms with E-state index in [0.717, 1.165) is 20.9 Å². The van der Waals surface area contributed by atoms with Crippen molar-refractivity contribution in [3.8, 4) is 0 Å². The first kappa shape index (κ1) is 8.61. The van der Waals surface area contributed by atoms with Crippen molar-refractivity contribution in [2.24, 2.45) is 7.05 Å². The van der Waals surface area contributed by atoms with Crippen LogP contribution in [0.5, 0.6) is 0 Å². The van der Waals surface area contributed by atoms with Crippen molar-refractivity contribution in [2.75, 3.05) is 0 Å². The van der Waals surface area contributed by atoms with E-state index in [9.17, 15) is 4.79 Å². The second kappa shape index (κ2) is 3.06. The molecular weight excluding hydrogens is 281 g/mol. The van der Waals surface area contributed by atoms with Crippen LogP contribution in [0.3, 0.4) is 0 Å². The van der Waals surface area contributed by atoms with Crippen molar-refractivity contribution in [3.05, 3.63) is 21.7 Å². The highest BCUT2D eigenvalue weighted by Crippen LogP contribution is 2.21. The van der Waals surface area contributed by atoms with E-state index in [1.807, 2.05) is 7.05 Å². The molecule has 5 heteroatoms. The summed E-state index contributed by atoms with van der Waals surface area (Å²) in [5.41, 5.74) is 1.48. The van der Waals surface area contributed by atoms with Gasteiger partial charge in [0, 0.05) is 24.2 Å². The lowest BCUT2D eigenvalue weighted by molar-refractivity contribution is 0.112. The fraction of sp³-hybridized carbons (Fsp3) is 0.125. The van der Waals surface area contributed by atoms with Gasteiger partial charge in [0.2, 0.25) is 0 Å². The molecule has 2 heterocycles. The summed E-state index contributed by atoms with van der Waals surface area (Å²) in [6.45, 7) is 0. The number of nitrogens with zero attached hydrogens (tertiary/aromatic N) is 3. The Morgan fingerprint density at radius 1 is 1.54 bits per heavy atom. The van der Waals surface area contributed by atoms with E-state index in [1.54, 1.807) is 17.1 Å². The smallest absolute Gasteiger partial charge is 0.152 e. The van der Waals surface area contributed by atoms with Crippen LogP contribution in [0.1, 0.15) is 10.4 Å². The third-order valence-corrected chi connectivity index (χ3v) is 2.63. The summed E-state index contributed by atoms with van der Waals surface area (Å²) in [6.07, 6.45) is 4.07. The second-order valence-electron chi connectivity index (χ2n) is 2.66. The molecule has 0 aliphatic carbocycles. The van der Waals surface area contributed by atoms with Gasteiger partial charge in [0.15, 0.2) is 6.29 Å². The average Bonchev–Trinajstić information content (AvgIpc) is 2.43.